The van der Waals surface area contributed by atoms with Gasteiger partial charge in [0.25, 0.3) is 0 Å². The summed E-state index contributed by atoms with van der Waals surface area (Å²) in [7, 11) is -3.43. The third kappa shape index (κ3) is 4.67. The number of anilines is 1. The number of piperidine rings is 1. The quantitative estimate of drug-likeness (QED) is 0.750. The molecular formula is C18H25N3O6S. The lowest BCUT2D eigenvalue weighted by Crippen LogP contribution is -2.47. The van der Waals surface area contributed by atoms with Crippen LogP contribution in [0.5, 0.6) is 5.75 Å². The molecule has 1 aromatic rings. The van der Waals surface area contributed by atoms with E-state index < -0.39 is 16.0 Å². The summed E-state index contributed by atoms with van der Waals surface area (Å²) >= 11 is 0. The first-order valence-corrected chi connectivity index (χ1v) is 11.1. The maximum atomic E-state index is 12.3. The van der Waals surface area contributed by atoms with Gasteiger partial charge in [-0.1, -0.05) is 12.1 Å². The number of nitrogens with one attached hydrogen (secondary N) is 1. The predicted octanol–water partition coefficient (Wildman–Crippen LogP) is 1.11. The molecule has 0 aromatic heterocycles. The zero-order valence-corrected chi connectivity index (χ0v) is 16.5. The van der Waals surface area contributed by atoms with Gasteiger partial charge in [-0.2, -0.15) is 0 Å². The molecule has 3 rings (SSSR count). The molecule has 2 aliphatic rings. The number of para-hydroxylation sites is 2. The van der Waals surface area contributed by atoms with Crippen LogP contribution in [0.15, 0.2) is 24.3 Å². The largest absolute Gasteiger partial charge is 0.486 e. The number of amides is 2. The number of ether oxygens (including phenoxy) is 1. The molecule has 1 saturated heterocycles. The summed E-state index contributed by atoms with van der Waals surface area (Å²) in [4.78, 5) is 24.9. The number of hydrogen-bond acceptors (Lipinski definition) is 5. The van der Waals surface area contributed by atoms with E-state index in [1.165, 1.54) is 4.31 Å². The van der Waals surface area contributed by atoms with E-state index in [9.17, 15) is 18.0 Å². The summed E-state index contributed by atoms with van der Waals surface area (Å²) < 4.78 is 31.4. The van der Waals surface area contributed by atoms with Crippen LogP contribution in [0, 0.1) is 5.92 Å². The summed E-state index contributed by atoms with van der Waals surface area (Å²) in [6.45, 7) is 1.35. The van der Waals surface area contributed by atoms with Crippen molar-refractivity contribution in [1.29, 1.82) is 0 Å². The highest BCUT2D eigenvalue weighted by Crippen LogP contribution is 2.35. The predicted molar refractivity (Wildman–Crippen MR) is 103 cm³/mol. The number of carbonyl (C=O) groups is 2. The second-order valence-electron chi connectivity index (χ2n) is 7.12. The first kappa shape index (κ1) is 20.2. The van der Waals surface area contributed by atoms with E-state index in [-0.39, 0.29) is 24.6 Å². The number of carboxylic acid groups (broad SMARTS) is 1. The SMILES string of the molecule is CS(=O)(=O)N1CC(CCNC(=O)N2CCC(C(=O)O)CC2)Oc2ccccc21. The number of sulfonamides is 1. The van der Waals surface area contributed by atoms with Crippen molar-refractivity contribution in [3.05, 3.63) is 24.3 Å². The second-order valence-corrected chi connectivity index (χ2v) is 9.03. The van der Waals surface area contributed by atoms with Crippen molar-refractivity contribution in [3.63, 3.8) is 0 Å². The number of fused-ring (bicyclic) bond motifs is 1. The number of rotatable bonds is 5. The van der Waals surface area contributed by atoms with Crippen LogP contribution in [0.2, 0.25) is 0 Å². The molecule has 0 radical (unpaired) electrons. The summed E-state index contributed by atoms with van der Waals surface area (Å²) in [6, 6.07) is 6.73. The summed E-state index contributed by atoms with van der Waals surface area (Å²) in [5, 5.41) is 11.8. The standard InChI is InChI=1S/C18H25N3O6S/c1-28(25,26)21-12-14(27-16-5-3-2-4-15(16)21)6-9-19-18(24)20-10-7-13(8-11-20)17(22)23/h2-5,13-14H,6-12H2,1H3,(H,19,24)(H,22,23). The number of carboxylic acids is 1. The third-order valence-electron chi connectivity index (χ3n) is 5.07. The van der Waals surface area contributed by atoms with Crippen molar-refractivity contribution in [2.75, 3.05) is 36.7 Å². The monoisotopic (exact) mass is 411 g/mol. The Bertz CT molecular complexity index is 835. The normalized spacial score (nSPS) is 20.2. The number of likely N-dealkylation sites (tertiary alicyclic amines) is 1. The molecule has 1 aromatic carbocycles. The smallest absolute Gasteiger partial charge is 0.317 e. The molecule has 0 aliphatic carbocycles. The fraction of sp³-hybridized carbons (Fsp3) is 0.556. The van der Waals surface area contributed by atoms with Gasteiger partial charge in [-0.15, -0.1) is 0 Å². The summed E-state index contributed by atoms with van der Waals surface area (Å²) in [6.07, 6.45) is 2.15. The maximum absolute atomic E-state index is 12.3. The lowest BCUT2D eigenvalue weighted by Gasteiger charge is -2.35. The molecule has 9 nitrogen and oxygen atoms in total. The van der Waals surface area contributed by atoms with Crippen LogP contribution in [0.3, 0.4) is 0 Å². The maximum Gasteiger partial charge on any atom is 0.317 e. The van der Waals surface area contributed by atoms with Crippen molar-refractivity contribution >= 4 is 27.7 Å². The first-order chi connectivity index (χ1) is 13.3. The Morgan fingerprint density at radius 2 is 1.93 bits per heavy atom. The van der Waals surface area contributed by atoms with E-state index in [2.05, 4.69) is 5.32 Å². The molecule has 2 heterocycles. The minimum Gasteiger partial charge on any atom is -0.486 e. The first-order valence-electron chi connectivity index (χ1n) is 9.24. The number of nitrogens with zero attached hydrogens (tertiary/aromatic N) is 2. The van der Waals surface area contributed by atoms with Crippen LogP contribution in [-0.2, 0) is 14.8 Å². The molecule has 0 bridgehead atoms. The fourth-order valence-electron chi connectivity index (χ4n) is 3.51. The zero-order valence-electron chi connectivity index (χ0n) is 15.7. The molecule has 154 valence electrons. The highest BCUT2D eigenvalue weighted by atomic mass is 32.2. The highest BCUT2D eigenvalue weighted by Gasteiger charge is 2.31. The Kier molecular flexibility index (Phi) is 5.97. The van der Waals surface area contributed by atoms with E-state index in [1.54, 1.807) is 29.2 Å². The highest BCUT2D eigenvalue weighted by molar-refractivity contribution is 7.92. The van der Waals surface area contributed by atoms with Gasteiger partial charge in [0.05, 0.1) is 24.4 Å². The molecule has 28 heavy (non-hydrogen) atoms. The lowest BCUT2D eigenvalue weighted by atomic mass is 9.97. The van der Waals surface area contributed by atoms with Crippen molar-refractivity contribution < 1.29 is 27.9 Å². The van der Waals surface area contributed by atoms with E-state index in [0.717, 1.165) is 6.26 Å². The van der Waals surface area contributed by atoms with Crippen LogP contribution < -0.4 is 14.4 Å². The Hall–Kier alpha value is -2.49. The van der Waals surface area contributed by atoms with Gasteiger partial charge in [0, 0.05) is 26.1 Å². The molecular weight excluding hydrogens is 386 g/mol. The van der Waals surface area contributed by atoms with Crippen LogP contribution in [-0.4, -0.2) is 69.0 Å². The lowest BCUT2D eigenvalue weighted by molar-refractivity contribution is -0.143. The molecule has 0 spiro atoms. The Balaban J connectivity index is 1.51. The van der Waals surface area contributed by atoms with E-state index >= 15 is 0 Å². The molecule has 2 aliphatic heterocycles. The summed E-state index contributed by atoms with van der Waals surface area (Å²) in [5.41, 5.74) is 0.520. The summed E-state index contributed by atoms with van der Waals surface area (Å²) in [5.74, 6) is -0.696. The number of urea groups is 1. The Morgan fingerprint density at radius 3 is 2.57 bits per heavy atom. The molecule has 1 atom stereocenters. The topological polar surface area (TPSA) is 116 Å². The average Bonchev–Trinajstić information content (AvgIpc) is 2.66. The molecule has 2 N–H and O–H groups in total. The fourth-order valence-corrected chi connectivity index (χ4v) is 4.45. The minimum atomic E-state index is -3.43. The van der Waals surface area contributed by atoms with Gasteiger partial charge in [-0.3, -0.25) is 9.10 Å². The van der Waals surface area contributed by atoms with Crippen molar-refractivity contribution in [3.8, 4) is 5.75 Å². The van der Waals surface area contributed by atoms with Crippen LogP contribution in [0.25, 0.3) is 0 Å². The third-order valence-corrected chi connectivity index (χ3v) is 6.22. The minimum absolute atomic E-state index is 0.190. The second kappa shape index (κ2) is 8.26. The number of benzene rings is 1. The van der Waals surface area contributed by atoms with Crippen LogP contribution in [0.1, 0.15) is 19.3 Å². The van der Waals surface area contributed by atoms with Crippen LogP contribution in [0.4, 0.5) is 10.5 Å². The van der Waals surface area contributed by atoms with Crippen molar-refractivity contribution in [2.45, 2.75) is 25.4 Å². The van der Waals surface area contributed by atoms with Gasteiger partial charge in [0.15, 0.2) is 0 Å². The molecule has 0 saturated carbocycles. The number of aliphatic carboxylic acids is 1. The Labute approximate surface area is 164 Å². The van der Waals surface area contributed by atoms with E-state index in [0.29, 0.717) is 50.3 Å². The van der Waals surface area contributed by atoms with E-state index in [4.69, 9.17) is 9.84 Å². The number of carbonyl (C=O) groups excluding carboxylic acids is 1. The molecule has 10 heteroatoms. The van der Waals surface area contributed by atoms with Gasteiger partial charge < -0.3 is 20.1 Å². The molecule has 1 fully saturated rings. The van der Waals surface area contributed by atoms with E-state index in [1.807, 2.05) is 0 Å². The average molecular weight is 411 g/mol. The zero-order chi connectivity index (χ0) is 20.3. The van der Waals surface area contributed by atoms with Gasteiger partial charge in [0.1, 0.15) is 11.9 Å². The van der Waals surface area contributed by atoms with Crippen molar-refractivity contribution in [1.82, 2.24) is 10.2 Å². The van der Waals surface area contributed by atoms with Gasteiger partial charge in [-0.25, -0.2) is 13.2 Å². The van der Waals surface area contributed by atoms with Gasteiger partial charge >= 0.3 is 12.0 Å². The van der Waals surface area contributed by atoms with Gasteiger partial charge in [-0.05, 0) is 25.0 Å². The van der Waals surface area contributed by atoms with Crippen molar-refractivity contribution in [2.24, 2.45) is 5.92 Å². The molecule has 1 unspecified atom stereocenters. The molecule has 2 amide bonds. The number of hydrogen-bond donors (Lipinski definition) is 2. The Morgan fingerprint density at radius 1 is 1.25 bits per heavy atom. The van der Waals surface area contributed by atoms with Gasteiger partial charge in [0.2, 0.25) is 10.0 Å². The van der Waals surface area contributed by atoms with Crippen LogP contribution >= 0.6 is 0 Å².